The summed E-state index contributed by atoms with van der Waals surface area (Å²) in [5.74, 6) is 0.728. The number of fused-ring (bicyclic) bond motifs is 1. The van der Waals surface area contributed by atoms with E-state index in [1.54, 1.807) is 30.3 Å². The number of nitrogens with zero attached hydrogens (tertiary/aromatic N) is 4. The van der Waals surface area contributed by atoms with Gasteiger partial charge in [0.2, 0.25) is 0 Å². The molecule has 0 N–H and O–H groups in total. The molecular weight excluding hydrogens is 299 g/mol. The van der Waals surface area contributed by atoms with Crippen molar-refractivity contribution in [3.05, 3.63) is 45.9 Å². The van der Waals surface area contributed by atoms with Crippen molar-refractivity contribution in [2.45, 2.75) is 0 Å². The van der Waals surface area contributed by atoms with Crippen LogP contribution in [0.5, 0.6) is 11.5 Å². The highest BCUT2D eigenvalue weighted by atomic mass is 35.5. The first-order chi connectivity index (χ1) is 9.67. The van der Waals surface area contributed by atoms with Crippen LogP contribution < -0.4 is 10.2 Å². The van der Waals surface area contributed by atoms with Crippen molar-refractivity contribution in [2.75, 3.05) is 0 Å². The molecule has 1 aliphatic heterocycles. The highest BCUT2D eigenvalue weighted by molar-refractivity contribution is 6.32. The van der Waals surface area contributed by atoms with Crippen LogP contribution in [0.4, 0.5) is 11.4 Å². The van der Waals surface area contributed by atoms with Crippen LogP contribution in [0.25, 0.3) is 0 Å². The Kier molecular flexibility index (Phi) is 3.18. The molecule has 1 heterocycles. The van der Waals surface area contributed by atoms with Crippen LogP contribution in [0.1, 0.15) is 5.56 Å². The van der Waals surface area contributed by atoms with E-state index in [0.29, 0.717) is 38.5 Å². The zero-order chi connectivity index (χ0) is 14.1. The Bertz CT molecular complexity index is 768. The number of ether oxygens (including phenoxy) is 1. The largest absolute Gasteiger partial charge is 0.453 e. The molecule has 0 bridgehead atoms. The van der Waals surface area contributed by atoms with E-state index in [0.717, 1.165) is 0 Å². The van der Waals surface area contributed by atoms with Gasteiger partial charge in [-0.1, -0.05) is 23.2 Å². The van der Waals surface area contributed by atoms with Crippen molar-refractivity contribution < 1.29 is 4.74 Å². The summed E-state index contributed by atoms with van der Waals surface area (Å²) in [5, 5.41) is 17.1. The Labute approximate surface area is 124 Å². The highest BCUT2D eigenvalue weighted by Gasteiger charge is 2.19. The van der Waals surface area contributed by atoms with E-state index < -0.39 is 0 Å². The lowest BCUT2D eigenvalue weighted by Crippen LogP contribution is -1.88. The van der Waals surface area contributed by atoms with Crippen LogP contribution in [0, 0.1) is 11.3 Å². The van der Waals surface area contributed by atoms with Gasteiger partial charge in [-0.3, -0.25) is 0 Å². The molecule has 2 aromatic rings. The molecule has 97 valence electrons. The van der Waals surface area contributed by atoms with E-state index >= 15 is 0 Å². The quantitative estimate of drug-likeness (QED) is 0.791. The Hall–Kier alpha value is -2.29. The Balaban J connectivity index is 2.05. The molecule has 0 amide bonds. The number of benzene rings is 2. The first-order valence-corrected chi connectivity index (χ1v) is 6.26. The van der Waals surface area contributed by atoms with Gasteiger partial charge in [0.1, 0.15) is 11.4 Å². The fraction of sp³-hybridized carbons (Fsp3) is 0. The Morgan fingerprint density at radius 1 is 1.15 bits per heavy atom. The smallest absolute Gasteiger partial charge is 0.175 e. The van der Waals surface area contributed by atoms with Crippen molar-refractivity contribution in [1.82, 2.24) is 5.43 Å². The summed E-state index contributed by atoms with van der Waals surface area (Å²) < 4.78 is 5.69. The van der Waals surface area contributed by atoms with Gasteiger partial charge in [-0.15, -0.1) is 10.5 Å². The highest BCUT2D eigenvalue weighted by Crippen LogP contribution is 2.46. The molecule has 0 spiro atoms. The van der Waals surface area contributed by atoms with Gasteiger partial charge >= 0.3 is 0 Å². The maximum absolute atomic E-state index is 8.92. The predicted octanol–water partition coefficient (Wildman–Crippen LogP) is 4.91. The van der Waals surface area contributed by atoms with Crippen LogP contribution in [-0.2, 0) is 0 Å². The molecule has 1 radical (unpaired) electrons. The summed E-state index contributed by atoms with van der Waals surface area (Å²) in [5.41, 5.74) is 5.26. The van der Waals surface area contributed by atoms with Gasteiger partial charge in [-0.2, -0.15) is 5.26 Å². The van der Waals surface area contributed by atoms with Crippen LogP contribution >= 0.6 is 23.2 Å². The molecule has 0 aromatic heterocycles. The van der Waals surface area contributed by atoms with E-state index in [9.17, 15) is 0 Å². The van der Waals surface area contributed by atoms with E-state index in [4.69, 9.17) is 33.2 Å². The molecule has 0 atom stereocenters. The number of hydrogen-bond acceptors (Lipinski definition) is 4. The molecule has 0 fully saturated rings. The number of rotatable bonds is 2. The average Bonchev–Trinajstić information content (AvgIpc) is 2.90. The molecule has 3 rings (SSSR count). The number of nitriles is 1. The van der Waals surface area contributed by atoms with Gasteiger partial charge < -0.3 is 4.74 Å². The Morgan fingerprint density at radius 3 is 2.80 bits per heavy atom. The molecule has 20 heavy (non-hydrogen) atoms. The summed E-state index contributed by atoms with van der Waals surface area (Å²) in [6.45, 7) is 0. The first-order valence-electron chi connectivity index (χ1n) is 5.50. The van der Waals surface area contributed by atoms with Crippen molar-refractivity contribution >= 4 is 34.6 Å². The molecule has 0 unspecified atom stereocenters. The molecule has 7 heteroatoms. The summed E-state index contributed by atoms with van der Waals surface area (Å²) >= 11 is 12.0. The van der Waals surface area contributed by atoms with Gasteiger partial charge in [0, 0.05) is 5.02 Å². The van der Waals surface area contributed by atoms with Crippen LogP contribution in [0.2, 0.25) is 10.0 Å². The topological polar surface area (TPSA) is 71.8 Å². The van der Waals surface area contributed by atoms with Crippen LogP contribution in [0.15, 0.2) is 40.7 Å². The van der Waals surface area contributed by atoms with E-state index in [1.807, 2.05) is 6.07 Å². The van der Waals surface area contributed by atoms with Gasteiger partial charge in [0.15, 0.2) is 11.4 Å². The number of halogens is 2. The van der Waals surface area contributed by atoms with E-state index in [1.165, 1.54) is 0 Å². The second-order valence-electron chi connectivity index (χ2n) is 3.92. The van der Waals surface area contributed by atoms with Gasteiger partial charge in [0.05, 0.1) is 16.7 Å². The predicted molar refractivity (Wildman–Crippen MR) is 74.0 cm³/mol. The summed E-state index contributed by atoms with van der Waals surface area (Å²) in [6, 6.07) is 10.0. The van der Waals surface area contributed by atoms with Crippen molar-refractivity contribution in [3.8, 4) is 17.6 Å². The molecule has 0 aliphatic carbocycles. The van der Waals surface area contributed by atoms with Crippen molar-refractivity contribution in [1.29, 1.82) is 5.26 Å². The maximum Gasteiger partial charge on any atom is 0.175 e. The third kappa shape index (κ3) is 2.27. The maximum atomic E-state index is 8.92. The van der Waals surface area contributed by atoms with Gasteiger partial charge in [-0.05, 0) is 35.6 Å². The SMILES string of the molecule is N#Cc1cc(Cl)cc(Oc2c(Cl)ccc3c2N=N[N]3)c1. The molecule has 5 nitrogen and oxygen atoms in total. The third-order valence-corrected chi connectivity index (χ3v) is 3.10. The fourth-order valence-electron chi connectivity index (χ4n) is 1.73. The lowest BCUT2D eigenvalue weighted by Gasteiger charge is -2.10. The minimum atomic E-state index is 0.334. The molecule has 1 aliphatic rings. The van der Waals surface area contributed by atoms with Gasteiger partial charge in [0.25, 0.3) is 0 Å². The van der Waals surface area contributed by atoms with Crippen LogP contribution in [-0.4, -0.2) is 0 Å². The van der Waals surface area contributed by atoms with Crippen LogP contribution in [0.3, 0.4) is 0 Å². The van der Waals surface area contributed by atoms with E-state index in [-0.39, 0.29) is 0 Å². The lowest BCUT2D eigenvalue weighted by molar-refractivity contribution is 0.484. The summed E-state index contributed by atoms with van der Waals surface area (Å²) in [7, 11) is 0. The minimum Gasteiger partial charge on any atom is -0.453 e. The molecular formula is C13H5Cl2N4O. The lowest BCUT2D eigenvalue weighted by atomic mass is 10.2. The zero-order valence-corrected chi connectivity index (χ0v) is 11.4. The normalized spacial score (nSPS) is 11.7. The van der Waals surface area contributed by atoms with E-state index in [2.05, 4.69) is 15.8 Å². The first kappa shape index (κ1) is 12.7. The monoisotopic (exact) mass is 303 g/mol. The zero-order valence-electron chi connectivity index (χ0n) is 9.84. The molecule has 2 aromatic carbocycles. The average molecular weight is 304 g/mol. The number of hydrogen-bond donors (Lipinski definition) is 0. The summed E-state index contributed by atoms with van der Waals surface area (Å²) in [6.07, 6.45) is 0. The second kappa shape index (κ2) is 5.00. The third-order valence-electron chi connectivity index (χ3n) is 2.58. The molecule has 0 saturated heterocycles. The van der Waals surface area contributed by atoms with Gasteiger partial charge in [-0.25, -0.2) is 0 Å². The van der Waals surface area contributed by atoms with Crippen molar-refractivity contribution in [2.24, 2.45) is 10.3 Å². The Morgan fingerprint density at radius 2 is 2.00 bits per heavy atom. The minimum absolute atomic E-state index is 0.334. The fourth-order valence-corrected chi connectivity index (χ4v) is 2.15. The standard InChI is InChI=1S/C13H5Cl2N4O/c14-8-3-7(6-16)4-9(5-8)20-13-10(15)1-2-11-12(13)18-19-17-11/h1-5H. The second-order valence-corrected chi connectivity index (χ2v) is 4.77. The van der Waals surface area contributed by atoms with Crippen molar-refractivity contribution in [3.63, 3.8) is 0 Å². The summed E-state index contributed by atoms with van der Waals surface area (Å²) in [4.78, 5) is 0. The molecule has 0 saturated carbocycles.